The normalized spacial score (nSPS) is 22.5. The van der Waals surface area contributed by atoms with Crippen LogP contribution in [0.5, 0.6) is 0 Å². The molecule has 140 valence electrons. The van der Waals surface area contributed by atoms with Gasteiger partial charge in [0.2, 0.25) is 0 Å². The van der Waals surface area contributed by atoms with E-state index in [0.717, 1.165) is 22.6 Å². The molecule has 2 aliphatic heterocycles. The highest BCUT2D eigenvalue weighted by Crippen LogP contribution is 2.38. The summed E-state index contributed by atoms with van der Waals surface area (Å²) in [5.41, 5.74) is 1.73. The van der Waals surface area contributed by atoms with Crippen molar-refractivity contribution in [3.63, 3.8) is 0 Å². The van der Waals surface area contributed by atoms with Crippen molar-refractivity contribution in [3.05, 3.63) is 63.2 Å². The Labute approximate surface area is 165 Å². The van der Waals surface area contributed by atoms with Crippen LogP contribution < -0.4 is 5.56 Å². The Morgan fingerprint density at radius 2 is 1.78 bits per heavy atom. The monoisotopic (exact) mass is 418 g/mol. The van der Waals surface area contributed by atoms with Crippen molar-refractivity contribution >= 4 is 32.7 Å². The molecule has 1 saturated heterocycles. The fourth-order valence-corrected chi connectivity index (χ4v) is 7.70. The SMILES string of the molecule is O=c1c(-c2cccs2)ccc2n1C[C@H]1C[C@@H]2CN(S(=O)(=O)c2cccs2)C1. The molecule has 27 heavy (non-hydrogen) atoms. The first kappa shape index (κ1) is 17.4. The number of aromatic nitrogens is 1. The first-order valence-corrected chi connectivity index (χ1v) is 12.1. The van der Waals surface area contributed by atoms with Gasteiger partial charge < -0.3 is 4.57 Å². The topological polar surface area (TPSA) is 59.4 Å². The van der Waals surface area contributed by atoms with Gasteiger partial charge in [-0.3, -0.25) is 4.79 Å². The minimum atomic E-state index is -3.45. The molecule has 2 aliphatic rings. The molecule has 0 unspecified atom stereocenters. The third-order valence-corrected chi connectivity index (χ3v) is 9.55. The molecule has 0 spiro atoms. The van der Waals surface area contributed by atoms with Gasteiger partial charge in [0.1, 0.15) is 4.21 Å². The maximum atomic E-state index is 13.0. The predicted molar refractivity (Wildman–Crippen MR) is 108 cm³/mol. The van der Waals surface area contributed by atoms with Gasteiger partial charge in [0, 0.05) is 36.1 Å². The molecule has 0 N–H and O–H groups in total. The first-order valence-electron chi connectivity index (χ1n) is 8.85. The Balaban J connectivity index is 1.52. The Morgan fingerprint density at radius 3 is 2.52 bits per heavy atom. The van der Waals surface area contributed by atoms with Gasteiger partial charge in [-0.15, -0.1) is 22.7 Å². The lowest BCUT2D eigenvalue weighted by Crippen LogP contribution is -2.49. The minimum Gasteiger partial charge on any atom is -0.311 e. The van der Waals surface area contributed by atoms with Crippen LogP contribution in [0, 0.1) is 5.92 Å². The predicted octanol–water partition coefficient (Wildman–Crippen LogP) is 3.45. The molecule has 0 aliphatic carbocycles. The summed E-state index contributed by atoms with van der Waals surface area (Å²) in [5.74, 6) is 0.236. The van der Waals surface area contributed by atoms with Crippen LogP contribution in [0.4, 0.5) is 0 Å². The molecule has 2 bridgehead atoms. The number of hydrogen-bond donors (Lipinski definition) is 0. The molecule has 2 atom stereocenters. The van der Waals surface area contributed by atoms with E-state index in [1.807, 2.05) is 34.2 Å². The molecular formula is C19H18N2O3S3. The van der Waals surface area contributed by atoms with E-state index in [4.69, 9.17) is 0 Å². The standard InChI is InChI=1S/C19H18N2O3S3/c22-19-15(17-3-1-7-25-17)5-6-16-14-9-13(11-21(16)19)10-20(12-14)27(23,24)18-4-2-8-26-18/h1-8,13-14H,9-12H2/t13-,14+/m0/s1. The lowest BCUT2D eigenvalue weighted by Gasteiger charge is -2.42. The Morgan fingerprint density at radius 1 is 0.963 bits per heavy atom. The zero-order valence-electron chi connectivity index (χ0n) is 14.4. The Bertz CT molecular complexity index is 1130. The molecule has 0 saturated carbocycles. The summed E-state index contributed by atoms with van der Waals surface area (Å²) in [5, 5.41) is 3.76. The second-order valence-corrected chi connectivity index (χ2v) is 11.2. The smallest absolute Gasteiger partial charge is 0.259 e. The van der Waals surface area contributed by atoms with Crippen LogP contribution in [-0.2, 0) is 16.6 Å². The molecule has 8 heteroatoms. The van der Waals surface area contributed by atoms with Crippen molar-refractivity contribution in [1.29, 1.82) is 0 Å². The molecule has 5 nitrogen and oxygen atoms in total. The highest BCUT2D eigenvalue weighted by molar-refractivity contribution is 7.91. The highest BCUT2D eigenvalue weighted by Gasteiger charge is 2.40. The van der Waals surface area contributed by atoms with E-state index >= 15 is 0 Å². The van der Waals surface area contributed by atoms with Crippen molar-refractivity contribution in [1.82, 2.24) is 8.87 Å². The number of fused-ring (bicyclic) bond motifs is 4. The maximum Gasteiger partial charge on any atom is 0.259 e. The fourth-order valence-electron chi connectivity index (χ4n) is 4.26. The summed E-state index contributed by atoms with van der Waals surface area (Å²) in [6.45, 7) is 1.50. The number of rotatable bonds is 3. The molecule has 5 rings (SSSR count). The maximum absolute atomic E-state index is 13.0. The summed E-state index contributed by atoms with van der Waals surface area (Å²) in [6, 6.07) is 11.3. The first-order chi connectivity index (χ1) is 13.0. The largest absolute Gasteiger partial charge is 0.311 e. The van der Waals surface area contributed by atoms with Gasteiger partial charge in [-0.05, 0) is 47.4 Å². The summed E-state index contributed by atoms with van der Waals surface area (Å²) >= 11 is 2.82. The zero-order chi connectivity index (χ0) is 18.6. The Kier molecular flexibility index (Phi) is 4.12. The number of thiophene rings is 2. The zero-order valence-corrected chi connectivity index (χ0v) is 16.9. The molecule has 0 radical (unpaired) electrons. The van der Waals surface area contributed by atoms with Gasteiger partial charge in [0.15, 0.2) is 0 Å². The van der Waals surface area contributed by atoms with Crippen LogP contribution >= 0.6 is 22.7 Å². The van der Waals surface area contributed by atoms with E-state index in [9.17, 15) is 13.2 Å². The van der Waals surface area contributed by atoms with Gasteiger partial charge in [-0.25, -0.2) is 8.42 Å². The summed E-state index contributed by atoms with van der Waals surface area (Å²) < 4.78 is 29.8. The highest BCUT2D eigenvalue weighted by atomic mass is 32.2. The van der Waals surface area contributed by atoms with Gasteiger partial charge in [0.25, 0.3) is 15.6 Å². The molecule has 3 aromatic heterocycles. The van der Waals surface area contributed by atoms with Crippen molar-refractivity contribution in [3.8, 4) is 10.4 Å². The number of sulfonamides is 1. The van der Waals surface area contributed by atoms with E-state index in [-0.39, 0.29) is 17.4 Å². The lowest BCUT2D eigenvalue weighted by atomic mass is 9.84. The summed E-state index contributed by atoms with van der Waals surface area (Å²) in [7, 11) is -3.45. The van der Waals surface area contributed by atoms with Crippen LogP contribution in [0.3, 0.4) is 0 Å². The van der Waals surface area contributed by atoms with E-state index in [0.29, 0.717) is 23.8 Å². The van der Waals surface area contributed by atoms with Crippen LogP contribution in [0.25, 0.3) is 10.4 Å². The average Bonchev–Trinajstić information content (AvgIpc) is 3.36. The van der Waals surface area contributed by atoms with Crippen molar-refractivity contribution < 1.29 is 8.42 Å². The second-order valence-electron chi connectivity index (χ2n) is 7.12. The minimum absolute atomic E-state index is 0.0409. The van der Waals surface area contributed by atoms with Crippen LogP contribution in [-0.4, -0.2) is 30.4 Å². The quantitative estimate of drug-likeness (QED) is 0.655. The van der Waals surface area contributed by atoms with E-state index in [2.05, 4.69) is 0 Å². The van der Waals surface area contributed by atoms with Gasteiger partial charge in [-0.2, -0.15) is 4.31 Å². The van der Waals surface area contributed by atoms with E-state index in [1.54, 1.807) is 33.2 Å². The molecule has 0 aromatic carbocycles. The molecule has 5 heterocycles. The fraction of sp³-hybridized carbons (Fsp3) is 0.316. The number of pyridine rings is 1. The average molecular weight is 419 g/mol. The van der Waals surface area contributed by atoms with Gasteiger partial charge in [-0.1, -0.05) is 12.1 Å². The number of hydrogen-bond acceptors (Lipinski definition) is 5. The van der Waals surface area contributed by atoms with Crippen molar-refractivity contribution in [2.24, 2.45) is 5.92 Å². The number of piperidine rings is 1. The molecule has 0 amide bonds. The summed E-state index contributed by atoms with van der Waals surface area (Å²) in [6.07, 6.45) is 0.939. The van der Waals surface area contributed by atoms with E-state index < -0.39 is 10.0 Å². The molecule has 3 aromatic rings. The lowest BCUT2D eigenvalue weighted by molar-refractivity contribution is 0.186. The Hall–Kier alpha value is -1.74. The third-order valence-electron chi connectivity index (χ3n) is 5.45. The van der Waals surface area contributed by atoms with Gasteiger partial charge >= 0.3 is 0 Å². The van der Waals surface area contributed by atoms with Crippen molar-refractivity contribution in [2.45, 2.75) is 23.1 Å². The third kappa shape index (κ3) is 2.82. The van der Waals surface area contributed by atoms with Crippen LogP contribution in [0.2, 0.25) is 0 Å². The molecular weight excluding hydrogens is 400 g/mol. The van der Waals surface area contributed by atoms with Crippen LogP contribution in [0.15, 0.2) is 56.2 Å². The number of nitrogens with zero attached hydrogens (tertiary/aromatic N) is 2. The second kappa shape index (κ2) is 6.41. The van der Waals surface area contributed by atoms with Crippen molar-refractivity contribution in [2.75, 3.05) is 13.1 Å². The van der Waals surface area contributed by atoms with Gasteiger partial charge in [0.05, 0.1) is 5.56 Å². The van der Waals surface area contributed by atoms with Crippen LogP contribution in [0.1, 0.15) is 18.0 Å². The van der Waals surface area contributed by atoms with E-state index in [1.165, 1.54) is 11.3 Å². The molecule has 1 fully saturated rings. The summed E-state index contributed by atoms with van der Waals surface area (Å²) in [4.78, 5) is 14.0.